The van der Waals surface area contributed by atoms with Crippen molar-refractivity contribution in [3.8, 4) is 17.1 Å². The molecule has 0 saturated carbocycles. The summed E-state index contributed by atoms with van der Waals surface area (Å²) in [6.45, 7) is 1.10. The summed E-state index contributed by atoms with van der Waals surface area (Å²) in [6.07, 6.45) is 1.53. The standard InChI is InChI=1S/C24H22FN5O3S/c1-33-17-11-5-9-15(18(17)25)20-28-22(32)19-23(29-20)34-24(27-19)30-12-6-10-16(30)21(31)26-13-14-7-3-2-4-8-14/h2-5,7-9,11,16H,6,10,12-13H2,1H3,(H,26,31)(H,28,29,32)/t16-/m1/s1. The summed E-state index contributed by atoms with van der Waals surface area (Å²) in [5, 5.41) is 3.54. The molecule has 1 saturated heterocycles. The lowest BCUT2D eigenvalue weighted by molar-refractivity contribution is -0.122. The minimum absolute atomic E-state index is 0.0617. The molecule has 0 radical (unpaired) electrons. The Bertz CT molecular complexity index is 1410. The van der Waals surface area contributed by atoms with Crippen LogP contribution in [0.2, 0.25) is 0 Å². The lowest BCUT2D eigenvalue weighted by Gasteiger charge is -2.23. The summed E-state index contributed by atoms with van der Waals surface area (Å²) in [5.41, 5.74) is 0.859. The van der Waals surface area contributed by atoms with E-state index in [2.05, 4.69) is 20.3 Å². The number of hydrogen-bond donors (Lipinski definition) is 2. The van der Waals surface area contributed by atoms with E-state index in [1.165, 1.54) is 30.6 Å². The smallest absolute Gasteiger partial charge is 0.278 e. The van der Waals surface area contributed by atoms with Crippen molar-refractivity contribution >= 4 is 32.7 Å². The molecule has 2 aromatic heterocycles. The van der Waals surface area contributed by atoms with Gasteiger partial charge in [-0.05, 0) is 30.5 Å². The molecule has 0 unspecified atom stereocenters. The summed E-state index contributed by atoms with van der Waals surface area (Å²) in [5.74, 6) is -0.525. The van der Waals surface area contributed by atoms with Gasteiger partial charge in [-0.15, -0.1) is 0 Å². The topological polar surface area (TPSA) is 100 Å². The molecule has 0 spiro atoms. The Balaban J connectivity index is 1.42. The first-order valence-corrected chi connectivity index (χ1v) is 11.7. The molecule has 0 bridgehead atoms. The van der Waals surface area contributed by atoms with E-state index in [1.807, 2.05) is 35.2 Å². The Labute approximate surface area is 198 Å². The molecule has 0 aliphatic carbocycles. The van der Waals surface area contributed by atoms with Crippen LogP contribution in [0.25, 0.3) is 21.7 Å². The highest BCUT2D eigenvalue weighted by Crippen LogP contribution is 2.33. The number of ether oxygens (including phenoxy) is 1. The zero-order valence-electron chi connectivity index (χ0n) is 18.4. The van der Waals surface area contributed by atoms with Crippen LogP contribution in [0, 0.1) is 5.82 Å². The van der Waals surface area contributed by atoms with E-state index in [0.29, 0.717) is 29.5 Å². The van der Waals surface area contributed by atoms with Crippen molar-refractivity contribution in [2.45, 2.75) is 25.4 Å². The van der Waals surface area contributed by atoms with E-state index in [-0.39, 0.29) is 34.6 Å². The lowest BCUT2D eigenvalue weighted by Crippen LogP contribution is -2.43. The van der Waals surface area contributed by atoms with Gasteiger partial charge in [0, 0.05) is 13.1 Å². The molecule has 10 heteroatoms. The Morgan fingerprint density at radius 1 is 1.24 bits per heavy atom. The molecule has 5 rings (SSSR count). The van der Waals surface area contributed by atoms with Gasteiger partial charge in [0.1, 0.15) is 11.9 Å². The summed E-state index contributed by atoms with van der Waals surface area (Å²) in [4.78, 5) is 39.5. The molecule has 1 aliphatic rings. The average molecular weight is 480 g/mol. The van der Waals surface area contributed by atoms with E-state index in [4.69, 9.17) is 4.74 Å². The lowest BCUT2D eigenvalue weighted by atomic mass is 10.2. The minimum atomic E-state index is -0.605. The van der Waals surface area contributed by atoms with Crippen molar-refractivity contribution < 1.29 is 13.9 Å². The quantitative estimate of drug-likeness (QED) is 0.439. The van der Waals surface area contributed by atoms with Crippen LogP contribution in [-0.2, 0) is 11.3 Å². The number of aromatic nitrogens is 3. The highest BCUT2D eigenvalue weighted by Gasteiger charge is 2.33. The van der Waals surface area contributed by atoms with Crippen molar-refractivity contribution in [3.63, 3.8) is 0 Å². The summed E-state index contributed by atoms with van der Waals surface area (Å²) < 4.78 is 19.8. The minimum Gasteiger partial charge on any atom is -0.494 e. The van der Waals surface area contributed by atoms with E-state index in [1.54, 1.807) is 6.07 Å². The van der Waals surface area contributed by atoms with Gasteiger partial charge in [0.05, 0.1) is 12.7 Å². The second-order valence-electron chi connectivity index (χ2n) is 7.94. The number of aromatic amines is 1. The molecular weight excluding hydrogens is 457 g/mol. The number of hydrogen-bond acceptors (Lipinski definition) is 7. The average Bonchev–Trinajstić information content (AvgIpc) is 3.51. The number of fused-ring (bicyclic) bond motifs is 1. The van der Waals surface area contributed by atoms with Crippen molar-refractivity contribution in [2.75, 3.05) is 18.6 Å². The number of methoxy groups -OCH3 is 1. The number of carbonyl (C=O) groups excluding carboxylic acids is 1. The number of rotatable bonds is 6. The third-order valence-electron chi connectivity index (χ3n) is 5.81. The molecule has 174 valence electrons. The number of amides is 1. The second-order valence-corrected chi connectivity index (χ2v) is 8.90. The fraction of sp³-hybridized carbons (Fsp3) is 0.250. The van der Waals surface area contributed by atoms with E-state index in [9.17, 15) is 14.0 Å². The number of nitrogens with one attached hydrogen (secondary N) is 2. The zero-order valence-corrected chi connectivity index (χ0v) is 19.2. The van der Waals surface area contributed by atoms with Crippen LogP contribution >= 0.6 is 11.3 Å². The van der Waals surface area contributed by atoms with Gasteiger partial charge in [0.15, 0.2) is 27.0 Å². The first-order chi connectivity index (χ1) is 16.5. The van der Waals surface area contributed by atoms with Gasteiger partial charge < -0.3 is 19.9 Å². The molecule has 2 aromatic carbocycles. The molecule has 34 heavy (non-hydrogen) atoms. The van der Waals surface area contributed by atoms with Crippen LogP contribution in [0.15, 0.2) is 53.3 Å². The van der Waals surface area contributed by atoms with Gasteiger partial charge >= 0.3 is 0 Å². The third-order valence-corrected chi connectivity index (χ3v) is 6.79. The van der Waals surface area contributed by atoms with Crippen molar-refractivity contribution in [3.05, 3.63) is 70.3 Å². The molecule has 1 amide bonds. The number of thiazole rings is 1. The van der Waals surface area contributed by atoms with E-state index < -0.39 is 11.4 Å². The predicted molar refractivity (Wildman–Crippen MR) is 129 cm³/mol. The summed E-state index contributed by atoms with van der Waals surface area (Å²) in [7, 11) is 1.37. The number of anilines is 1. The fourth-order valence-electron chi connectivity index (χ4n) is 4.09. The first-order valence-electron chi connectivity index (χ1n) is 10.9. The Hall–Kier alpha value is -3.79. The second kappa shape index (κ2) is 9.22. The van der Waals surface area contributed by atoms with Crippen LogP contribution in [0.5, 0.6) is 5.75 Å². The number of carbonyl (C=O) groups is 1. The molecular formula is C24H22FN5O3S. The number of benzene rings is 2. The van der Waals surface area contributed by atoms with E-state index >= 15 is 0 Å². The third kappa shape index (κ3) is 4.12. The Kier molecular flexibility index (Phi) is 5.97. The molecule has 1 atom stereocenters. The van der Waals surface area contributed by atoms with Crippen LogP contribution < -0.4 is 20.5 Å². The maximum Gasteiger partial charge on any atom is 0.278 e. The number of halogens is 1. The largest absolute Gasteiger partial charge is 0.494 e. The highest BCUT2D eigenvalue weighted by molar-refractivity contribution is 7.21. The fourth-order valence-corrected chi connectivity index (χ4v) is 5.11. The molecule has 2 N–H and O–H groups in total. The van der Waals surface area contributed by atoms with Gasteiger partial charge in [-0.3, -0.25) is 9.59 Å². The van der Waals surface area contributed by atoms with Gasteiger partial charge in [-0.1, -0.05) is 47.7 Å². The van der Waals surface area contributed by atoms with Crippen molar-refractivity contribution in [1.29, 1.82) is 0 Å². The highest BCUT2D eigenvalue weighted by atomic mass is 32.1. The van der Waals surface area contributed by atoms with Gasteiger partial charge in [-0.2, -0.15) is 0 Å². The van der Waals surface area contributed by atoms with Crippen LogP contribution in [0.3, 0.4) is 0 Å². The SMILES string of the molecule is COc1cccc(-c2nc3sc(N4CCC[C@@H]4C(=O)NCc4ccccc4)nc3c(=O)[nH]2)c1F. The van der Waals surface area contributed by atoms with E-state index in [0.717, 1.165) is 12.0 Å². The van der Waals surface area contributed by atoms with Gasteiger partial charge in [0.25, 0.3) is 5.56 Å². The maximum absolute atomic E-state index is 14.7. The molecule has 8 nitrogen and oxygen atoms in total. The zero-order chi connectivity index (χ0) is 23.7. The maximum atomic E-state index is 14.7. The van der Waals surface area contributed by atoms with Gasteiger partial charge in [0.2, 0.25) is 5.91 Å². The molecule has 1 aliphatic heterocycles. The summed E-state index contributed by atoms with van der Waals surface area (Å²) in [6, 6.07) is 14.0. The van der Waals surface area contributed by atoms with Crippen molar-refractivity contribution in [2.24, 2.45) is 0 Å². The normalized spacial score (nSPS) is 15.6. The van der Waals surface area contributed by atoms with Crippen LogP contribution in [0.4, 0.5) is 9.52 Å². The Morgan fingerprint density at radius 3 is 2.85 bits per heavy atom. The number of H-pyrrole nitrogens is 1. The number of nitrogens with zero attached hydrogens (tertiary/aromatic N) is 3. The van der Waals surface area contributed by atoms with Crippen molar-refractivity contribution in [1.82, 2.24) is 20.3 Å². The first kappa shape index (κ1) is 22.0. The Morgan fingerprint density at radius 2 is 2.06 bits per heavy atom. The van der Waals surface area contributed by atoms with Crippen LogP contribution in [0.1, 0.15) is 18.4 Å². The molecule has 3 heterocycles. The molecule has 1 fully saturated rings. The predicted octanol–water partition coefficient (Wildman–Crippen LogP) is 3.48. The van der Waals surface area contributed by atoms with Gasteiger partial charge in [-0.25, -0.2) is 14.4 Å². The summed E-state index contributed by atoms with van der Waals surface area (Å²) >= 11 is 1.22. The van der Waals surface area contributed by atoms with Crippen LogP contribution in [-0.4, -0.2) is 40.6 Å². The monoisotopic (exact) mass is 479 g/mol. The molecule has 4 aromatic rings.